The summed E-state index contributed by atoms with van der Waals surface area (Å²) in [7, 11) is -3.37. The van der Waals surface area contributed by atoms with Crippen molar-refractivity contribution in [2.24, 2.45) is 4.99 Å². The number of aliphatic imine (C=N–C) groups is 1. The average Bonchev–Trinajstić information content (AvgIpc) is 3.23. The fraction of sp³-hybridized carbons (Fsp3) is 0.250. The van der Waals surface area contributed by atoms with Crippen LogP contribution in [0.4, 0.5) is 22.7 Å². The molecule has 16 heteroatoms. The number of fused-ring (bicyclic) bond motifs is 1. The molecule has 0 aliphatic carbocycles. The third kappa shape index (κ3) is 7.28. The Morgan fingerprint density at radius 3 is 2.35 bits per heavy atom. The van der Waals surface area contributed by atoms with Crippen molar-refractivity contribution in [2.45, 2.75) is 32.9 Å². The van der Waals surface area contributed by atoms with Gasteiger partial charge in [0.2, 0.25) is 15.9 Å². The molecule has 2 aliphatic heterocycles. The monoisotopic (exact) mass is 802 g/mol. The van der Waals surface area contributed by atoms with Crippen LogP contribution in [0.5, 0.6) is 5.75 Å². The van der Waals surface area contributed by atoms with Gasteiger partial charge in [0.05, 0.1) is 39.1 Å². The predicted molar refractivity (Wildman–Crippen MR) is 208 cm³/mol. The van der Waals surface area contributed by atoms with Gasteiger partial charge in [-0.2, -0.15) is 0 Å². The van der Waals surface area contributed by atoms with Crippen LogP contribution in [0.25, 0.3) is 0 Å². The number of hydrogen-bond acceptors (Lipinski definition) is 7. The maximum Gasteiger partial charge on any atom is 0.332 e. The first-order valence-electron chi connectivity index (χ1n) is 16.1. The van der Waals surface area contributed by atoms with Crippen LogP contribution in [0.1, 0.15) is 23.6 Å². The van der Waals surface area contributed by atoms with Crippen LogP contribution in [0.2, 0.25) is 20.1 Å². The van der Waals surface area contributed by atoms with Crippen molar-refractivity contribution in [1.82, 2.24) is 10.1 Å². The molecule has 1 unspecified atom stereocenters. The van der Waals surface area contributed by atoms with E-state index in [9.17, 15) is 13.2 Å². The lowest BCUT2D eigenvalue weighted by atomic mass is 10.0. The molecule has 1 spiro atoms. The minimum atomic E-state index is -3.37. The quantitative estimate of drug-likeness (QED) is 0.183. The molecule has 272 valence electrons. The molecule has 2 heterocycles. The lowest BCUT2D eigenvalue weighted by Crippen LogP contribution is -2.64. The second-order valence-electron chi connectivity index (χ2n) is 12.4. The number of anilines is 3. The molecule has 0 bridgehead atoms. The summed E-state index contributed by atoms with van der Waals surface area (Å²) in [6.07, 6.45) is 1.00. The van der Waals surface area contributed by atoms with E-state index in [1.807, 2.05) is 37.8 Å². The summed E-state index contributed by atoms with van der Waals surface area (Å²) >= 11 is 26.2. The van der Waals surface area contributed by atoms with E-state index >= 15 is 4.79 Å². The fourth-order valence-electron chi connectivity index (χ4n) is 6.21. The molecule has 4 aromatic carbocycles. The number of ether oxygens (including phenoxy) is 1. The van der Waals surface area contributed by atoms with Crippen LogP contribution < -0.4 is 29.7 Å². The lowest BCUT2D eigenvalue weighted by molar-refractivity contribution is -0.131. The number of para-hydroxylation sites is 1. The van der Waals surface area contributed by atoms with Gasteiger partial charge in [-0.25, -0.2) is 23.1 Å². The Morgan fingerprint density at radius 1 is 0.962 bits per heavy atom. The average molecular weight is 805 g/mol. The molecule has 6 rings (SSSR count). The van der Waals surface area contributed by atoms with Crippen molar-refractivity contribution < 1.29 is 22.7 Å². The summed E-state index contributed by atoms with van der Waals surface area (Å²) < 4.78 is 32.7. The van der Waals surface area contributed by atoms with Crippen molar-refractivity contribution in [2.75, 3.05) is 40.7 Å². The number of sulfonamides is 1. The van der Waals surface area contributed by atoms with E-state index in [1.54, 1.807) is 48.5 Å². The van der Waals surface area contributed by atoms with E-state index in [-0.39, 0.29) is 45.3 Å². The van der Waals surface area contributed by atoms with Crippen LogP contribution in [-0.2, 0) is 26.0 Å². The number of rotatable bonds is 9. The highest BCUT2D eigenvalue weighted by atomic mass is 35.5. The van der Waals surface area contributed by atoms with E-state index < -0.39 is 27.6 Å². The van der Waals surface area contributed by atoms with Gasteiger partial charge in [-0.15, -0.1) is 0 Å². The Morgan fingerprint density at radius 2 is 1.67 bits per heavy atom. The Labute approximate surface area is 322 Å². The topological polar surface area (TPSA) is 124 Å². The lowest BCUT2D eigenvalue weighted by Gasteiger charge is -2.37. The molecule has 1 atom stereocenters. The zero-order valence-corrected chi connectivity index (χ0v) is 32.3. The molecule has 0 radical (unpaired) electrons. The predicted octanol–water partition coefficient (Wildman–Crippen LogP) is 7.24. The third-order valence-corrected chi connectivity index (χ3v) is 10.5. The van der Waals surface area contributed by atoms with Gasteiger partial charge in [0.25, 0.3) is 0 Å². The summed E-state index contributed by atoms with van der Waals surface area (Å²) in [4.78, 5) is 38.2. The van der Waals surface area contributed by atoms with Gasteiger partial charge >= 0.3 is 11.6 Å². The highest BCUT2D eigenvalue weighted by Crippen LogP contribution is 2.45. The number of hydrogen-bond donors (Lipinski definition) is 2. The van der Waals surface area contributed by atoms with E-state index in [0.29, 0.717) is 40.6 Å². The minimum absolute atomic E-state index is 0.0563. The smallest absolute Gasteiger partial charge is 0.332 e. The Kier molecular flexibility index (Phi) is 10.7. The maximum absolute atomic E-state index is 15.3. The number of nitrogens with one attached hydrogen (secondary N) is 2. The first-order chi connectivity index (χ1) is 24.6. The summed E-state index contributed by atoms with van der Waals surface area (Å²) in [6, 6.07) is 20.5. The van der Waals surface area contributed by atoms with Crippen LogP contribution in [0, 0.1) is 13.8 Å². The van der Waals surface area contributed by atoms with E-state index in [0.717, 1.165) is 22.5 Å². The molecule has 2 aliphatic rings. The number of likely N-dealkylation sites (N-methyl/N-ethyl adjacent to an activating group) is 1. The Hall–Kier alpha value is -4.04. The number of amides is 2. The highest BCUT2D eigenvalue weighted by Gasteiger charge is 2.64. The summed E-state index contributed by atoms with van der Waals surface area (Å²) in [5, 5.41) is 1.76. The Balaban J connectivity index is 1.58. The highest BCUT2D eigenvalue weighted by molar-refractivity contribution is 7.88. The maximum atomic E-state index is 15.3. The molecule has 4 aromatic rings. The van der Waals surface area contributed by atoms with E-state index in [2.05, 4.69) is 10.1 Å². The SMILES string of the molecule is CCN(CCNS(C)(=O)=O)c1ccc(N2C(=O)Cc3ccccc3OC23C(=O)N(c2c(Cl)cc(Cl)cc2Cl)NC3=Nc2cc(C)ccc2Cl)c(C)c1. The third-order valence-electron chi connectivity index (χ3n) is 8.62. The molecule has 2 amide bonds. The van der Waals surface area contributed by atoms with Crippen molar-refractivity contribution in [3.63, 3.8) is 0 Å². The second kappa shape index (κ2) is 14.8. The van der Waals surface area contributed by atoms with Crippen molar-refractivity contribution >= 4 is 96.8 Å². The fourth-order valence-corrected chi connectivity index (χ4v) is 7.82. The number of hydrazine groups is 1. The molecule has 11 nitrogen and oxygen atoms in total. The number of benzene rings is 4. The van der Waals surface area contributed by atoms with Gasteiger partial charge in [0.1, 0.15) is 11.4 Å². The summed E-state index contributed by atoms with van der Waals surface area (Å²) in [5.74, 6) is -1.02. The standard InChI is InChI=1S/C36H34Cl4N6O5S/c1-5-44(15-14-41-52(4,49)50)25-11-13-30(22(3)17-25)45-32(47)18-23-8-6-7-9-31(23)51-36(45)34(42-29-16-21(2)10-12-26(29)38)43-46(35(36)48)33-27(39)19-24(37)20-28(33)40/h6-13,16-17,19-20,41H,5,14-15,18H2,1-4H3,(H,42,43). The van der Waals surface area contributed by atoms with Gasteiger partial charge in [-0.05, 0) is 80.4 Å². The molecule has 1 fully saturated rings. The summed E-state index contributed by atoms with van der Waals surface area (Å²) in [6.45, 7) is 6.79. The van der Waals surface area contributed by atoms with Crippen LogP contribution in [0.15, 0.2) is 77.8 Å². The van der Waals surface area contributed by atoms with E-state index in [1.165, 1.54) is 17.0 Å². The molecule has 0 saturated carbocycles. The zero-order chi connectivity index (χ0) is 37.5. The summed E-state index contributed by atoms with van der Waals surface area (Å²) in [5.41, 5.74) is 4.35. The molecular formula is C36H34Cl4N6O5S. The number of carbonyl (C=O) groups is 2. The van der Waals surface area contributed by atoms with Crippen molar-refractivity contribution in [1.29, 1.82) is 0 Å². The van der Waals surface area contributed by atoms with Crippen LogP contribution >= 0.6 is 46.4 Å². The van der Waals surface area contributed by atoms with Gasteiger partial charge in [0, 0.05) is 35.9 Å². The molecular weight excluding hydrogens is 770 g/mol. The first-order valence-corrected chi connectivity index (χ1v) is 19.5. The first kappa shape index (κ1) is 37.7. The van der Waals surface area contributed by atoms with Crippen molar-refractivity contribution in [3.8, 4) is 5.75 Å². The number of halogens is 4. The number of carbonyl (C=O) groups excluding carboxylic acids is 2. The molecule has 0 aromatic heterocycles. The van der Waals surface area contributed by atoms with Gasteiger partial charge in [-0.1, -0.05) is 70.7 Å². The minimum Gasteiger partial charge on any atom is -0.451 e. The second-order valence-corrected chi connectivity index (χ2v) is 15.9. The van der Waals surface area contributed by atoms with Crippen molar-refractivity contribution in [3.05, 3.63) is 110 Å². The zero-order valence-electron chi connectivity index (χ0n) is 28.5. The van der Waals surface area contributed by atoms with Gasteiger partial charge in [0.15, 0.2) is 5.84 Å². The largest absolute Gasteiger partial charge is 0.451 e. The van der Waals surface area contributed by atoms with Crippen LogP contribution in [-0.4, -0.2) is 57.7 Å². The number of amidine groups is 1. The normalized spacial score (nSPS) is 18.0. The molecule has 52 heavy (non-hydrogen) atoms. The van der Waals surface area contributed by atoms with Gasteiger partial charge < -0.3 is 9.64 Å². The van der Waals surface area contributed by atoms with E-state index in [4.69, 9.17) is 56.1 Å². The Bertz CT molecular complexity index is 2210. The van der Waals surface area contributed by atoms with Gasteiger partial charge in [-0.3, -0.25) is 19.9 Å². The number of nitrogens with zero attached hydrogens (tertiary/aromatic N) is 4. The van der Waals surface area contributed by atoms with Crippen LogP contribution in [0.3, 0.4) is 0 Å². The molecule has 2 N–H and O–H groups in total. The molecule has 1 saturated heterocycles. The number of aryl methyl sites for hydroxylation is 2.